The van der Waals surface area contributed by atoms with Gasteiger partial charge in [-0.25, -0.2) is 0 Å². The fourth-order valence-electron chi connectivity index (χ4n) is 4.93. The Morgan fingerprint density at radius 2 is 1.56 bits per heavy atom. The van der Waals surface area contributed by atoms with Crippen molar-refractivity contribution < 1.29 is 14.4 Å². The summed E-state index contributed by atoms with van der Waals surface area (Å²) in [4.78, 5) is 43.5. The Balaban J connectivity index is 1.54. The SMILES string of the molecule is Cc1ccc(NC(=O)C2CCc3ccccc3N2C(=O)C2CCN(C(=O)C(C)(C)C)CC2)cc1. The fourth-order valence-corrected chi connectivity index (χ4v) is 4.93. The number of nitrogens with one attached hydrogen (secondary N) is 1. The highest BCUT2D eigenvalue weighted by molar-refractivity contribution is 6.06. The van der Waals surface area contributed by atoms with Crippen molar-refractivity contribution in [3.05, 3.63) is 59.7 Å². The lowest BCUT2D eigenvalue weighted by atomic mass is 9.88. The van der Waals surface area contributed by atoms with Gasteiger partial charge >= 0.3 is 0 Å². The van der Waals surface area contributed by atoms with Crippen LogP contribution in [0.4, 0.5) is 11.4 Å². The minimum absolute atomic E-state index is 0.0148. The summed E-state index contributed by atoms with van der Waals surface area (Å²) in [6, 6.07) is 15.0. The maximum absolute atomic E-state index is 13.8. The van der Waals surface area contributed by atoms with Crippen molar-refractivity contribution in [1.29, 1.82) is 0 Å². The van der Waals surface area contributed by atoms with Gasteiger partial charge in [0.15, 0.2) is 0 Å². The Morgan fingerprint density at radius 1 is 0.912 bits per heavy atom. The maximum Gasteiger partial charge on any atom is 0.247 e. The molecule has 1 saturated heterocycles. The van der Waals surface area contributed by atoms with Crippen LogP contribution in [-0.2, 0) is 20.8 Å². The van der Waals surface area contributed by atoms with Crippen LogP contribution in [0.15, 0.2) is 48.5 Å². The lowest BCUT2D eigenvalue weighted by molar-refractivity contribution is -0.142. The molecule has 180 valence electrons. The van der Waals surface area contributed by atoms with Gasteiger partial charge in [-0.1, -0.05) is 56.7 Å². The number of carbonyl (C=O) groups excluding carboxylic acids is 3. The molecule has 2 aromatic rings. The van der Waals surface area contributed by atoms with Gasteiger partial charge < -0.3 is 10.2 Å². The van der Waals surface area contributed by atoms with Gasteiger partial charge in [-0.05, 0) is 56.4 Å². The minimum Gasteiger partial charge on any atom is -0.342 e. The Hall–Kier alpha value is -3.15. The first-order chi connectivity index (χ1) is 16.1. The summed E-state index contributed by atoms with van der Waals surface area (Å²) in [6.45, 7) is 8.92. The summed E-state index contributed by atoms with van der Waals surface area (Å²) >= 11 is 0. The zero-order valence-corrected chi connectivity index (χ0v) is 20.6. The molecule has 4 rings (SSSR count). The molecular weight excluding hydrogens is 426 g/mol. The molecule has 0 bridgehead atoms. The third kappa shape index (κ3) is 5.01. The molecular formula is C28H35N3O3. The van der Waals surface area contributed by atoms with Crippen LogP contribution in [0.2, 0.25) is 0 Å². The Bertz CT molecular complexity index is 1060. The van der Waals surface area contributed by atoms with E-state index in [-0.39, 0.29) is 23.6 Å². The molecule has 0 saturated carbocycles. The van der Waals surface area contributed by atoms with Crippen LogP contribution in [0.5, 0.6) is 0 Å². The number of aryl methyl sites for hydroxylation is 2. The summed E-state index contributed by atoms with van der Waals surface area (Å²) in [7, 11) is 0. The van der Waals surface area contributed by atoms with Crippen molar-refractivity contribution in [2.45, 2.75) is 59.4 Å². The number of benzene rings is 2. The highest BCUT2D eigenvalue weighted by atomic mass is 16.2. The number of anilines is 2. The van der Waals surface area contributed by atoms with E-state index < -0.39 is 11.5 Å². The molecule has 0 aromatic heterocycles. The van der Waals surface area contributed by atoms with E-state index in [0.717, 1.165) is 28.9 Å². The quantitative estimate of drug-likeness (QED) is 0.728. The van der Waals surface area contributed by atoms with Gasteiger partial charge in [0, 0.05) is 35.8 Å². The first-order valence-electron chi connectivity index (χ1n) is 12.2. The normalized spacial score (nSPS) is 18.9. The molecule has 2 aliphatic rings. The Kier molecular flexibility index (Phi) is 6.78. The molecule has 0 aliphatic carbocycles. The summed E-state index contributed by atoms with van der Waals surface area (Å²) in [6.07, 6.45) is 2.57. The van der Waals surface area contributed by atoms with Crippen LogP contribution in [0, 0.1) is 18.3 Å². The molecule has 1 N–H and O–H groups in total. The van der Waals surface area contributed by atoms with Crippen molar-refractivity contribution in [2.24, 2.45) is 11.3 Å². The molecule has 2 aliphatic heterocycles. The third-order valence-corrected chi connectivity index (χ3v) is 6.88. The number of amides is 3. The van der Waals surface area contributed by atoms with Crippen molar-refractivity contribution in [3.8, 4) is 0 Å². The molecule has 6 nitrogen and oxygen atoms in total. The fraction of sp³-hybridized carbons (Fsp3) is 0.464. The van der Waals surface area contributed by atoms with Crippen LogP contribution < -0.4 is 10.2 Å². The molecule has 1 unspecified atom stereocenters. The topological polar surface area (TPSA) is 69.7 Å². The predicted octanol–water partition coefficient (Wildman–Crippen LogP) is 4.57. The molecule has 1 fully saturated rings. The first-order valence-corrected chi connectivity index (χ1v) is 12.2. The van der Waals surface area contributed by atoms with E-state index >= 15 is 0 Å². The summed E-state index contributed by atoms with van der Waals surface area (Å²) in [5.74, 6) is -0.256. The van der Waals surface area contributed by atoms with E-state index in [1.807, 2.05) is 81.1 Å². The largest absolute Gasteiger partial charge is 0.342 e. The summed E-state index contributed by atoms with van der Waals surface area (Å²) in [5, 5.41) is 3.01. The number of likely N-dealkylation sites (tertiary alicyclic amines) is 1. The second-order valence-electron chi connectivity index (χ2n) is 10.6. The Morgan fingerprint density at radius 3 is 2.21 bits per heavy atom. The second kappa shape index (κ2) is 9.61. The number of hydrogen-bond acceptors (Lipinski definition) is 3. The number of rotatable bonds is 3. The van der Waals surface area contributed by atoms with Gasteiger partial charge in [-0.2, -0.15) is 0 Å². The molecule has 1 atom stereocenters. The van der Waals surface area contributed by atoms with Crippen molar-refractivity contribution >= 4 is 29.1 Å². The number of piperidine rings is 1. The molecule has 2 aromatic carbocycles. The molecule has 0 radical (unpaired) electrons. The van der Waals surface area contributed by atoms with Crippen LogP contribution >= 0.6 is 0 Å². The van der Waals surface area contributed by atoms with E-state index in [1.54, 1.807) is 4.90 Å². The van der Waals surface area contributed by atoms with Crippen LogP contribution in [0.3, 0.4) is 0 Å². The standard InChI is InChI=1S/C28H35N3O3/c1-19-9-12-22(13-10-19)29-25(32)24-14-11-20-7-5-6-8-23(20)31(24)26(33)21-15-17-30(18-16-21)27(34)28(2,3)4/h5-10,12-13,21,24H,11,14-18H2,1-4H3,(H,29,32). The summed E-state index contributed by atoms with van der Waals surface area (Å²) in [5.41, 5.74) is 3.35. The van der Waals surface area contributed by atoms with Crippen LogP contribution in [0.25, 0.3) is 0 Å². The molecule has 6 heteroatoms. The van der Waals surface area contributed by atoms with E-state index in [0.29, 0.717) is 32.4 Å². The number of carbonyl (C=O) groups is 3. The van der Waals surface area contributed by atoms with E-state index in [2.05, 4.69) is 5.32 Å². The molecule has 3 amide bonds. The number of para-hydroxylation sites is 1. The lowest BCUT2D eigenvalue weighted by Crippen LogP contribution is -2.54. The number of nitrogens with zero attached hydrogens (tertiary/aromatic N) is 2. The van der Waals surface area contributed by atoms with E-state index in [9.17, 15) is 14.4 Å². The van der Waals surface area contributed by atoms with Crippen LogP contribution in [-0.4, -0.2) is 41.8 Å². The molecule has 2 heterocycles. The average Bonchev–Trinajstić information content (AvgIpc) is 2.83. The van der Waals surface area contributed by atoms with E-state index in [1.165, 1.54) is 0 Å². The zero-order valence-electron chi connectivity index (χ0n) is 20.6. The molecule has 0 spiro atoms. The smallest absolute Gasteiger partial charge is 0.247 e. The van der Waals surface area contributed by atoms with Gasteiger partial charge in [0.1, 0.15) is 6.04 Å². The number of fused-ring (bicyclic) bond motifs is 1. The van der Waals surface area contributed by atoms with Gasteiger partial charge in [-0.3, -0.25) is 19.3 Å². The lowest BCUT2D eigenvalue weighted by Gasteiger charge is -2.41. The Labute approximate surface area is 202 Å². The first kappa shape index (κ1) is 24.0. The van der Waals surface area contributed by atoms with Crippen molar-refractivity contribution in [1.82, 2.24) is 4.90 Å². The molecule has 34 heavy (non-hydrogen) atoms. The second-order valence-corrected chi connectivity index (χ2v) is 10.6. The highest BCUT2D eigenvalue weighted by Crippen LogP contribution is 2.34. The van der Waals surface area contributed by atoms with Gasteiger partial charge in [0.25, 0.3) is 0 Å². The minimum atomic E-state index is -0.557. The summed E-state index contributed by atoms with van der Waals surface area (Å²) < 4.78 is 0. The highest BCUT2D eigenvalue weighted by Gasteiger charge is 2.40. The van der Waals surface area contributed by atoms with Crippen molar-refractivity contribution in [3.63, 3.8) is 0 Å². The van der Waals surface area contributed by atoms with Gasteiger partial charge in [0.2, 0.25) is 17.7 Å². The average molecular weight is 462 g/mol. The predicted molar refractivity (Wildman–Crippen MR) is 135 cm³/mol. The van der Waals surface area contributed by atoms with E-state index in [4.69, 9.17) is 0 Å². The monoisotopic (exact) mass is 461 g/mol. The van der Waals surface area contributed by atoms with Gasteiger partial charge in [0.05, 0.1) is 0 Å². The zero-order chi connectivity index (χ0) is 24.5. The number of hydrogen-bond donors (Lipinski definition) is 1. The third-order valence-electron chi connectivity index (χ3n) is 6.88. The van der Waals surface area contributed by atoms with Crippen LogP contribution in [0.1, 0.15) is 51.2 Å². The maximum atomic E-state index is 13.8. The van der Waals surface area contributed by atoms with Crippen molar-refractivity contribution in [2.75, 3.05) is 23.3 Å². The van der Waals surface area contributed by atoms with Gasteiger partial charge in [-0.15, -0.1) is 0 Å².